The molecule has 1 aliphatic rings. The quantitative estimate of drug-likeness (QED) is 0.315. The van der Waals surface area contributed by atoms with E-state index in [9.17, 15) is 9.59 Å². The minimum atomic E-state index is -0.596. The Kier molecular flexibility index (Phi) is 5.80. The number of carbonyl (C=O) groups excluding carboxylic acids is 2. The number of nitrogens with zero attached hydrogens (tertiary/aromatic N) is 1. The number of hydrazine groups is 1. The fourth-order valence-electron chi connectivity index (χ4n) is 2.71. The van der Waals surface area contributed by atoms with Crippen molar-refractivity contribution in [3.63, 3.8) is 0 Å². The van der Waals surface area contributed by atoms with Gasteiger partial charge in [0.05, 0.1) is 5.69 Å². The molecule has 5 N–H and O–H groups in total. The molecule has 0 aliphatic carbocycles. The molecule has 3 rings (SSSR count). The molecule has 24 heavy (non-hydrogen) atoms. The van der Waals surface area contributed by atoms with Gasteiger partial charge in [0.25, 0.3) is 5.91 Å². The molecule has 0 spiro atoms. The number of imide groups is 1. The number of nitrogens with one attached hydrogen (secondary N) is 1. The van der Waals surface area contributed by atoms with Gasteiger partial charge in [0.1, 0.15) is 6.04 Å². The largest absolute Gasteiger partial charge is 0.398 e. The number of fused-ring (bicyclic) bond motifs is 1. The molecule has 1 fully saturated rings. The lowest BCUT2D eigenvalue weighted by atomic mass is 10.0. The lowest BCUT2D eigenvalue weighted by molar-refractivity contribution is -0.134. The summed E-state index contributed by atoms with van der Waals surface area (Å²) >= 11 is 3.49. The van der Waals surface area contributed by atoms with Crippen LogP contribution in [0.5, 0.6) is 0 Å². The van der Waals surface area contributed by atoms with E-state index in [0.29, 0.717) is 17.8 Å². The van der Waals surface area contributed by atoms with Crippen molar-refractivity contribution in [2.45, 2.75) is 32.7 Å². The number of nitrogen functional groups attached to an aromatic ring is 1. The number of benzene rings is 2. The van der Waals surface area contributed by atoms with Crippen molar-refractivity contribution >= 4 is 49.9 Å². The SMILES string of the molecule is CC.Nc1ccc(Br)c2cccc(N(N)C3CCC(=O)NC3=O)c12. The van der Waals surface area contributed by atoms with Crippen LogP contribution in [0.2, 0.25) is 0 Å². The molecule has 0 bridgehead atoms. The molecule has 2 aromatic rings. The molecular weight excluding hydrogens is 372 g/mol. The van der Waals surface area contributed by atoms with Gasteiger partial charge in [0, 0.05) is 27.4 Å². The molecular formula is C17H21BrN4O2. The van der Waals surface area contributed by atoms with Crippen molar-refractivity contribution in [2.75, 3.05) is 10.7 Å². The molecule has 0 saturated carbocycles. The van der Waals surface area contributed by atoms with Crippen LogP contribution in [0.1, 0.15) is 26.7 Å². The Balaban J connectivity index is 0.00000100. The third kappa shape index (κ3) is 3.37. The minimum absolute atomic E-state index is 0.269. The van der Waals surface area contributed by atoms with Crippen LogP contribution >= 0.6 is 15.9 Å². The zero-order valence-corrected chi connectivity index (χ0v) is 15.3. The summed E-state index contributed by atoms with van der Waals surface area (Å²) < 4.78 is 0.898. The number of rotatable bonds is 2. The van der Waals surface area contributed by atoms with Crippen LogP contribution in [0.15, 0.2) is 34.8 Å². The Morgan fingerprint density at radius 1 is 1.21 bits per heavy atom. The maximum Gasteiger partial charge on any atom is 0.250 e. The molecule has 2 amide bonds. The second-order valence-corrected chi connectivity index (χ2v) is 6.06. The zero-order chi connectivity index (χ0) is 17.9. The number of halogens is 1. The Morgan fingerprint density at radius 2 is 1.92 bits per heavy atom. The van der Waals surface area contributed by atoms with Crippen molar-refractivity contribution in [2.24, 2.45) is 5.84 Å². The van der Waals surface area contributed by atoms with E-state index in [1.807, 2.05) is 38.1 Å². The molecule has 0 aromatic heterocycles. The minimum Gasteiger partial charge on any atom is -0.398 e. The molecule has 1 heterocycles. The lowest BCUT2D eigenvalue weighted by Crippen LogP contribution is -2.55. The van der Waals surface area contributed by atoms with Crippen LogP contribution in [-0.2, 0) is 9.59 Å². The smallest absolute Gasteiger partial charge is 0.250 e. The maximum atomic E-state index is 12.0. The Labute approximate surface area is 149 Å². The number of carbonyl (C=O) groups is 2. The highest BCUT2D eigenvalue weighted by Crippen LogP contribution is 2.36. The summed E-state index contributed by atoms with van der Waals surface area (Å²) in [7, 11) is 0. The third-order valence-electron chi connectivity index (χ3n) is 3.82. The van der Waals surface area contributed by atoms with E-state index in [1.54, 1.807) is 6.07 Å². The van der Waals surface area contributed by atoms with Gasteiger partial charge in [-0.25, -0.2) is 5.84 Å². The maximum absolute atomic E-state index is 12.0. The first kappa shape index (κ1) is 18.2. The molecule has 1 unspecified atom stereocenters. The first-order valence-corrected chi connectivity index (χ1v) is 8.62. The number of hydrogen-bond acceptors (Lipinski definition) is 5. The molecule has 2 aromatic carbocycles. The van der Waals surface area contributed by atoms with E-state index in [4.69, 9.17) is 11.6 Å². The summed E-state index contributed by atoms with van der Waals surface area (Å²) in [6, 6.07) is 8.66. The van der Waals surface area contributed by atoms with Crippen molar-refractivity contribution < 1.29 is 9.59 Å². The van der Waals surface area contributed by atoms with Gasteiger partial charge >= 0.3 is 0 Å². The number of amides is 2. The average molecular weight is 393 g/mol. The first-order valence-electron chi connectivity index (χ1n) is 7.83. The van der Waals surface area contributed by atoms with E-state index in [1.165, 1.54) is 5.01 Å². The zero-order valence-electron chi connectivity index (χ0n) is 13.7. The number of nitrogens with two attached hydrogens (primary N) is 2. The van der Waals surface area contributed by atoms with E-state index < -0.39 is 6.04 Å². The van der Waals surface area contributed by atoms with Crippen LogP contribution in [0, 0.1) is 0 Å². The summed E-state index contributed by atoms with van der Waals surface area (Å²) in [5, 5.41) is 5.41. The molecule has 6 nitrogen and oxygen atoms in total. The van der Waals surface area contributed by atoms with Gasteiger partial charge in [-0.1, -0.05) is 41.9 Å². The standard InChI is InChI=1S/C15H15BrN4O2.C2H6/c16-9-4-5-10(17)14-8(9)2-1-3-11(14)20(18)12-6-7-13(21)19-15(12)22;1-2/h1-5,12H,6-7,17-18H2,(H,19,21,22);1-2H3. The second kappa shape index (κ2) is 7.63. The molecule has 0 radical (unpaired) electrons. The fraction of sp³-hybridized carbons (Fsp3) is 0.294. The lowest BCUT2D eigenvalue weighted by Gasteiger charge is -2.31. The van der Waals surface area contributed by atoms with Gasteiger partial charge in [-0.2, -0.15) is 0 Å². The predicted molar refractivity (Wildman–Crippen MR) is 100 cm³/mol. The van der Waals surface area contributed by atoms with Crippen molar-refractivity contribution in [3.05, 3.63) is 34.8 Å². The summed E-state index contributed by atoms with van der Waals surface area (Å²) in [5.74, 6) is 5.53. The Bertz CT molecular complexity index is 779. The van der Waals surface area contributed by atoms with E-state index in [2.05, 4.69) is 21.2 Å². The fourth-order valence-corrected chi connectivity index (χ4v) is 3.17. The first-order chi connectivity index (χ1) is 11.5. The van der Waals surface area contributed by atoms with Crippen molar-refractivity contribution in [1.29, 1.82) is 0 Å². The number of piperidine rings is 1. The molecule has 1 saturated heterocycles. The van der Waals surface area contributed by atoms with Crippen LogP contribution in [0.3, 0.4) is 0 Å². The van der Waals surface area contributed by atoms with Crippen molar-refractivity contribution in [3.8, 4) is 0 Å². The molecule has 7 heteroatoms. The van der Waals surface area contributed by atoms with Crippen LogP contribution < -0.4 is 21.9 Å². The van der Waals surface area contributed by atoms with Crippen LogP contribution in [0.4, 0.5) is 11.4 Å². The topological polar surface area (TPSA) is 101 Å². The monoisotopic (exact) mass is 392 g/mol. The second-order valence-electron chi connectivity index (χ2n) is 5.21. The predicted octanol–water partition coefficient (Wildman–Crippen LogP) is 2.70. The summed E-state index contributed by atoms with van der Waals surface area (Å²) in [6.45, 7) is 4.00. The van der Waals surface area contributed by atoms with Gasteiger partial charge in [0.2, 0.25) is 5.91 Å². The highest BCUT2D eigenvalue weighted by atomic mass is 79.9. The third-order valence-corrected chi connectivity index (χ3v) is 4.51. The van der Waals surface area contributed by atoms with E-state index in [0.717, 1.165) is 15.2 Å². The molecule has 1 atom stereocenters. The van der Waals surface area contributed by atoms with Gasteiger partial charge in [0.15, 0.2) is 0 Å². The highest BCUT2D eigenvalue weighted by molar-refractivity contribution is 9.10. The Hall–Kier alpha value is -2.12. The molecule has 1 aliphatic heterocycles. The van der Waals surface area contributed by atoms with E-state index in [-0.39, 0.29) is 18.2 Å². The van der Waals surface area contributed by atoms with Gasteiger partial charge in [-0.3, -0.25) is 19.9 Å². The Morgan fingerprint density at radius 3 is 2.58 bits per heavy atom. The van der Waals surface area contributed by atoms with Crippen LogP contribution in [-0.4, -0.2) is 17.9 Å². The number of hydrogen-bond donors (Lipinski definition) is 3. The summed E-state index contributed by atoms with van der Waals surface area (Å²) in [5.41, 5.74) is 7.33. The number of anilines is 2. The average Bonchev–Trinajstić information content (AvgIpc) is 2.59. The summed E-state index contributed by atoms with van der Waals surface area (Å²) in [4.78, 5) is 23.3. The molecule has 128 valence electrons. The normalized spacial score (nSPS) is 17.1. The summed E-state index contributed by atoms with van der Waals surface area (Å²) in [6.07, 6.45) is 0.652. The van der Waals surface area contributed by atoms with E-state index >= 15 is 0 Å². The van der Waals surface area contributed by atoms with Crippen LogP contribution in [0.25, 0.3) is 10.8 Å². The highest BCUT2D eigenvalue weighted by Gasteiger charge is 2.31. The van der Waals surface area contributed by atoms with Crippen molar-refractivity contribution in [1.82, 2.24) is 5.32 Å². The van der Waals surface area contributed by atoms with Gasteiger partial charge in [-0.15, -0.1) is 0 Å². The van der Waals surface area contributed by atoms with Gasteiger partial charge in [-0.05, 0) is 24.6 Å². The van der Waals surface area contributed by atoms with Gasteiger partial charge < -0.3 is 5.73 Å².